The van der Waals surface area contributed by atoms with Gasteiger partial charge in [0, 0.05) is 27.5 Å². The van der Waals surface area contributed by atoms with Gasteiger partial charge < -0.3 is 18.3 Å². The second-order valence-corrected chi connectivity index (χ2v) is 7.60. The SMILES string of the molecule is COc1cc2occc2cc1C(=O)CO[P+](=O)OCC(=O)c1cc2ccoc2cc1OC. The van der Waals surface area contributed by atoms with Crippen LogP contribution in [0.1, 0.15) is 20.7 Å². The largest absolute Gasteiger partial charge is 0.698 e. The molecule has 4 rings (SSSR count). The number of carbonyl (C=O) groups excluding carboxylic acids is 2. The Kier molecular flexibility index (Phi) is 6.32. The molecule has 0 bridgehead atoms. The summed E-state index contributed by atoms with van der Waals surface area (Å²) in [5.74, 6) is -0.325. The molecule has 0 radical (unpaired) electrons. The van der Waals surface area contributed by atoms with E-state index in [0.29, 0.717) is 33.4 Å². The predicted molar refractivity (Wildman–Crippen MR) is 114 cm³/mol. The quantitative estimate of drug-likeness (QED) is 0.241. The number of hydrogen-bond acceptors (Lipinski definition) is 9. The average Bonchev–Trinajstić information content (AvgIpc) is 3.47. The number of rotatable bonds is 10. The molecule has 32 heavy (non-hydrogen) atoms. The molecule has 0 amide bonds. The fourth-order valence-corrected chi connectivity index (χ4v) is 3.69. The molecule has 0 fully saturated rings. The van der Waals surface area contributed by atoms with Gasteiger partial charge in [0.2, 0.25) is 0 Å². The third-order valence-corrected chi connectivity index (χ3v) is 5.43. The molecule has 4 aromatic rings. The number of Topliss-reactive ketones (excluding diaryl/α,β-unsaturated/α-hetero) is 2. The summed E-state index contributed by atoms with van der Waals surface area (Å²) in [5.41, 5.74) is 1.63. The first kappa shape index (κ1) is 21.7. The number of methoxy groups -OCH3 is 2. The van der Waals surface area contributed by atoms with Crippen molar-refractivity contribution in [1.29, 1.82) is 0 Å². The molecule has 0 saturated carbocycles. The summed E-state index contributed by atoms with van der Waals surface area (Å²) < 4.78 is 43.1. The monoisotopic (exact) mass is 457 g/mol. The number of ether oxygens (including phenoxy) is 2. The topological polar surface area (TPSA) is 114 Å². The molecule has 0 N–H and O–H groups in total. The van der Waals surface area contributed by atoms with E-state index >= 15 is 0 Å². The standard InChI is InChI=1S/C22H18O9P/c1-26-21-9-19-13(3-5-28-19)7-15(21)17(23)11-30-32(25)31-12-18(24)16-8-14-4-6-29-20(14)10-22(16)27-2/h3-10H,11-12H2,1-2H3/q+1. The van der Waals surface area contributed by atoms with E-state index in [1.807, 2.05) is 0 Å². The molecule has 2 heterocycles. The molecule has 0 atom stereocenters. The Balaban J connectivity index is 1.36. The fraction of sp³-hybridized carbons (Fsp3) is 0.182. The van der Waals surface area contributed by atoms with Crippen molar-refractivity contribution in [2.45, 2.75) is 0 Å². The first-order chi connectivity index (χ1) is 15.5. The van der Waals surface area contributed by atoms with Gasteiger partial charge in [0.15, 0.2) is 24.8 Å². The maximum Gasteiger partial charge on any atom is 0.698 e. The number of benzene rings is 2. The Morgan fingerprint density at radius 1 is 0.781 bits per heavy atom. The molecule has 0 spiro atoms. The third-order valence-electron chi connectivity index (χ3n) is 4.75. The normalized spacial score (nSPS) is 11.1. The zero-order valence-electron chi connectivity index (χ0n) is 17.2. The minimum absolute atomic E-state index is 0.249. The van der Waals surface area contributed by atoms with E-state index < -0.39 is 33.0 Å². The first-order valence-corrected chi connectivity index (χ1v) is 10.5. The van der Waals surface area contributed by atoms with Crippen LogP contribution in [0.4, 0.5) is 0 Å². The highest BCUT2D eigenvalue weighted by molar-refractivity contribution is 7.33. The Morgan fingerprint density at radius 3 is 1.62 bits per heavy atom. The summed E-state index contributed by atoms with van der Waals surface area (Å²) in [5, 5.41) is 1.42. The maximum atomic E-state index is 12.5. The van der Waals surface area contributed by atoms with Gasteiger partial charge in [0.05, 0.1) is 37.9 Å². The molecule has 2 aromatic carbocycles. The summed E-state index contributed by atoms with van der Waals surface area (Å²) in [7, 11) is 0.130. The van der Waals surface area contributed by atoms with Crippen LogP contribution < -0.4 is 9.47 Å². The van der Waals surface area contributed by atoms with Crippen molar-refractivity contribution in [3.05, 3.63) is 60.1 Å². The zero-order valence-corrected chi connectivity index (χ0v) is 18.0. The molecule has 0 aliphatic carbocycles. The van der Waals surface area contributed by atoms with Gasteiger partial charge in [-0.25, -0.2) is 0 Å². The van der Waals surface area contributed by atoms with Crippen molar-refractivity contribution < 1.29 is 41.5 Å². The Hall–Kier alpha value is -3.52. The van der Waals surface area contributed by atoms with Crippen molar-refractivity contribution in [2.75, 3.05) is 27.4 Å². The molecule has 0 saturated heterocycles. The highest BCUT2D eigenvalue weighted by Gasteiger charge is 2.27. The van der Waals surface area contributed by atoms with Crippen LogP contribution in [0, 0.1) is 0 Å². The van der Waals surface area contributed by atoms with Crippen molar-refractivity contribution in [3.8, 4) is 11.5 Å². The van der Waals surface area contributed by atoms with E-state index in [2.05, 4.69) is 0 Å². The van der Waals surface area contributed by atoms with E-state index in [0.717, 1.165) is 0 Å². The first-order valence-electron chi connectivity index (χ1n) is 9.40. The van der Waals surface area contributed by atoms with Crippen molar-refractivity contribution >= 4 is 41.8 Å². The third kappa shape index (κ3) is 4.40. The van der Waals surface area contributed by atoms with Gasteiger partial charge in [0.1, 0.15) is 22.7 Å². The van der Waals surface area contributed by atoms with E-state index in [9.17, 15) is 14.2 Å². The number of carbonyl (C=O) groups is 2. The summed E-state index contributed by atoms with van der Waals surface area (Å²) in [6, 6.07) is 9.77. The van der Waals surface area contributed by atoms with Gasteiger partial charge in [0.25, 0.3) is 0 Å². The van der Waals surface area contributed by atoms with Gasteiger partial charge in [-0.1, -0.05) is 0 Å². The summed E-state index contributed by atoms with van der Waals surface area (Å²) in [6.45, 7) is -1.04. The summed E-state index contributed by atoms with van der Waals surface area (Å²) in [6.07, 6.45) is 2.99. The van der Waals surface area contributed by atoms with Crippen LogP contribution in [0.15, 0.2) is 57.8 Å². The zero-order chi connectivity index (χ0) is 22.7. The molecule has 10 heteroatoms. The average molecular weight is 457 g/mol. The van der Waals surface area contributed by atoms with Gasteiger partial charge >= 0.3 is 8.25 Å². The number of fused-ring (bicyclic) bond motifs is 2. The van der Waals surface area contributed by atoms with Crippen LogP contribution in [0.2, 0.25) is 0 Å². The second kappa shape index (κ2) is 9.32. The molecule has 2 aromatic heterocycles. The molecule has 0 aliphatic rings. The number of hydrogen-bond donors (Lipinski definition) is 0. The summed E-state index contributed by atoms with van der Waals surface area (Å²) >= 11 is 0. The molecular formula is C22H18O9P+. The van der Waals surface area contributed by atoms with Crippen LogP contribution in [0.5, 0.6) is 11.5 Å². The van der Waals surface area contributed by atoms with Crippen molar-refractivity contribution in [1.82, 2.24) is 0 Å². The minimum Gasteiger partial charge on any atom is -0.496 e. The van der Waals surface area contributed by atoms with Crippen LogP contribution in [-0.2, 0) is 13.6 Å². The Bertz CT molecular complexity index is 1220. The lowest BCUT2D eigenvalue weighted by Gasteiger charge is -2.06. The van der Waals surface area contributed by atoms with Crippen LogP contribution in [0.3, 0.4) is 0 Å². The van der Waals surface area contributed by atoms with E-state index in [1.165, 1.54) is 26.7 Å². The fourth-order valence-electron chi connectivity index (χ4n) is 3.17. The van der Waals surface area contributed by atoms with Crippen LogP contribution in [-0.4, -0.2) is 39.0 Å². The van der Waals surface area contributed by atoms with Crippen LogP contribution in [0.25, 0.3) is 21.9 Å². The molecular weight excluding hydrogens is 439 g/mol. The predicted octanol–water partition coefficient (Wildman–Crippen LogP) is 4.95. The van der Waals surface area contributed by atoms with Gasteiger partial charge in [-0.3, -0.25) is 9.59 Å². The lowest BCUT2D eigenvalue weighted by atomic mass is 10.1. The molecule has 0 unspecified atom stereocenters. The Labute approximate surface area is 182 Å². The van der Waals surface area contributed by atoms with Gasteiger partial charge in [-0.05, 0) is 24.3 Å². The van der Waals surface area contributed by atoms with Gasteiger partial charge in [-0.2, -0.15) is 0 Å². The van der Waals surface area contributed by atoms with Crippen LogP contribution >= 0.6 is 8.25 Å². The van der Waals surface area contributed by atoms with Crippen molar-refractivity contribution in [2.24, 2.45) is 0 Å². The molecule has 9 nitrogen and oxygen atoms in total. The summed E-state index contributed by atoms with van der Waals surface area (Å²) in [4.78, 5) is 25.0. The molecule has 0 aliphatic heterocycles. The number of furan rings is 2. The highest BCUT2D eigenvalue weighted by atomic mass is 31.1. The molecule has 164 valence electrons. The van der Waals surface area contributed by atoms with Crippen molar-refractivity contribution in [3.63, 3.8) is 0 Å². The minimum atomic E-state index is -2.72. The smallest absolute Gasteiger partial charge is 0.496 e. The van der Waals surface area contributed by atoms with E-state index in [4.69, 9.17) is 27.4 Å². The lowest BCUT2D eigenvalue weighted by Crippen LogP contribution is -2.10. The van der Waals surface area contributed by atoms with Gasteiger partial charge in [-0.15, -0.1) is 9.05 Å². The second-order valence-electron chi connectivity index (χ2n) is 6.64. The lowest BCUT2D eigenvalue weighted by molar-refractivity contribution is 0.0874. The maximum absolute atomic E-state index is 12.5. The van der Waals surface area contributed by atoms with E-state index in [-0.39, 0.29) is 11.1 Å². The Morgan fingerprint density at radius 2 is 1.22 bits per heavy atom. The number of ketones is 2. The highest BCUT2D eigenvalue weighted by Crippen LogP contribution is 2.31. The van der Waals surface area contributed by atoms with E-state index in [1.54, 1.807) is 36.4 Å².